The van der Waals surface area contributed by atoms with Crippen LogP contribution in [0.3, 0.4) is 0 Å². The van der Waals surface area contributed by atoms with Gasteiger partial charge in [0.2, 0.25) is 0 Å². The average Bonchev–Trinajstić information content (AvgIpc) is 2.48. The Morgan fingerprint density at radius 2 is 1.95 bits per heavy atom. The van der Waals surface area contributed by atoms with E-state index >= 15 is 0 Å². The van der Waals surface area contributed by atoms with Crippen molar-refractivity contribution in [2.45, 2.75) is 6.92 Å². The molecule has 0 bridgehead atoms. The Kier molecular flexibility index (Phi) is 4.11. The molecule has 0 saturated carbocycles. The summed E-state index contributed by atoms with van der Waals surface area (Å²) in [6, 6.07) is 12.4. The Morgan fingerprint density at radius 1 is 1.25 bits per heavy atom. The molecule has 100 valence electrons. The number of aryl methyl sites for hydroxylation is 1. The van der Waals surface area contributed by atoms with Crippen LogP contribution < -0.4 is 4.74 Å². The number of halogens is 1. The third-order valence-electron chi connectivity index (χ3n) is 2.84. The van der Waals surface area contributed by atoms with Gasteiger partial charge in [-0.25, -0.2) is 4.39 Å². The lowest BCUT2D eigenvalue weighted by molar-refractivity contribution is 0.0921. The maximum absolute atomic E-state index is 13.1. The summed E-state index contributed by atoms with van der Waals surface area (Å²) in [5.41, 5.74) is 1.71. The van der Waals surface area contributed by atoms with E-state index in [9.17, 15) is 9.18 Å². The van der Waals surface area contributed by atoms with Crippen molar-refractivity contribution in [3.05, 3.63) is 65.0 Å². The number of nitrogens with zero attached hydrogens (tertiary/aromatic N) is 1. The van der Waals surface area contributed by atoms with Crippen molar-refractivity contribution in [2.24, 2.45) is 0 Å². The number of Topliss-reactive ketones (excluding diaryl/α,β-unsaturated/α-hetero) is 1. The highest BCUT2D eigenvalue weighted by Crippen LogP contribution is 2.19. The zero-order valence-corrected chi connectivity index (χ0v) is 10.9. The fraction of sp³-hybridized carbons (Fsp3) is 0.125. The van der Waals surface area contributed by atoms with Gasteiger partial charge in [0.15, 0.2) is 12.4 Å². The van der Waals surface area contributed by atoms with Crippen molar-refractivity contribution >= 4 is 5.78 Å². The van der Waals surface area contributed by atoms with E-state index < -0.39 is 5.82 Å². The number of carbonyl (C=O) groups excluding carboxylic acids is 1. The number of benzene rings is 2. The van der Waals surface area contributed by atoms with Crippen molar-refractivity contribution in [1.82, 2.24) is 0 Å². The Morgan fingerprint density at radius 3 is 2.60 bits per heavy atom. The lowest BCUT2D eigenvalue weighted by Gasteiger charge is -2.08. The Hall–Kier alpha value is -2.67. The van der Waals surface area contributed by atoms with Crippen molar-refractivity contribution in [3.8, 4) is 11.8 Å². The molecular weight excluding hydrogens is 257 g/mol. The predicted molar refractivity (Wildman–Crippen MR) is 72.1 cm³/mol. The number of nitriles is 1. The predicted octanol–water partition coefficient (Wildman–Crippen LogP) is 3.27. The van der Waals surface area contributed by atoms with Crippen LogP contribution in [0.5, 0.6) is 5.75 Å². The van der Waals surface area contributed by atoms with E-state index in [1.54, 1.807) is 37.3 Å². The lowest BCUT2D eigenvalue weighted by Crippen LogP contribution is -2.12. The number of hydrogen-bond donors (Lipinski definition) is 0. The van der Waals surface area contributed by atoms with Crippen LogP contribution in [0, 0.1) is 24.1 Å². The number of carbonyl (C=O) groups is 1. The van der Waals surface area contributed by atoms with Crippen LogP contribution in [0.25, 0.3) is 0 Å². The highest BCUT2D eigenvalue weighted by atomic mass is 19.1. The number of rotatable bonds is 4. The van der Waals surface area contributed by atoms with E-state index in [0.717, 1.165) is 5.56 Å². The summed E-state index contributed by atoms with van der Waals surface area (Å²) in [6.45, 7) is 1.61. The molecule has 2 aromatic rings. The molecule has 20 heavy (non-hydrogen) atoms. The fourth-order valence-electron chi connectivity index (χ4n) is 1.69. The topological polar surface area (TPSA) is 50.1 Å². The maximum atomic E-state index is 13.1. The molecule has 0 saturated heterocycles. The molecule has 2 rings (SSSR count). The monoisotopic (exact) mass is 269 g/mol. The molecule has 0 spiro atoms. The Bertz CT molecular complexity index is 672. The van der Waals surface area contributed by atoms with E-state index in [4.69, 9.17) is 10.00 Å². The lowest BCUT2D eigenvalue weighted by atomic mass is 10.1. The summed E-state index contributed by atoms with van der Waals surface area (Å²) < 4.78 is 18.4. The summed E-state index contributed by atoms with van der Waals surface area (Å²) in [5, 5.41) is 8.68. The summed E-state index contributed by atoms with van der Waals surface area (Å²) in [5.74, 6) is -0.276. The number of ether oxygens (including phenoxy) is 1. The normalized spacial score (nSPS) is 9.85. The quantitative estimate of drug-likeness (QED) is 0.800. The molecule has 0 aliphatic carbocycles. The third kappa shape index (κ3) is 3.21. The molecular formula is C16H12FNO2. The van der Waals surface area contributed by atoms with Gasteiger partial charge in [0.25, 0.3) is 0 Å². The first-order chi connectivity index (χ1) is 9.60. The summed E-state index contributed by atoms with van der Waals surface area (Å²) >= 11 is 0. The van der Waals surface area contributed by atoms with E-state index in [0.29, 0.717) is 16.9 Å². The maximum Gasteiger partial charge on any atom is 0.200 e. The standard InChI is InChI=1S/C16H12FNO2/c1-11-2-7-14(17)8-16(11)20-10-15(19)13-5-3-12(9-18)4-6-13/h2-8H,10H2,1H3. The van der Waals surface area contributed by atoms with Crippen LogP contribution >= 0.6 is 0 Å². The highest BCUT2D eigenvalue weighted by Gasteiger charge is 2.08. The molecule has 0 aliphatic rings. The van der Waals surface area contributed by atoms with E-state index in [2.05, 4.69) is 0 Å². The average molecular weight is 269 g/mol. The molecule has 0 fully saturated rings. The second-order valence-electron chi connectivity index (χ2n) is 4.31. The summed E-state index contributed by atoms with van der Waals surface area (Å²) in [7, 11) is 0. The van der Waals surface area contributed by atoms with Crippen molar-refractivity contribution in [3.63, 3.8) is 0 Å². The van der Waals surface area contributed by atoms with Crippen molar-refractivity contribution in [2.75, 3.05) is 6.61 Å². The fourth-order valence-corrected chi connectivity index (χ4v) is 1.69. The van der Waals surface area contributed by atoms with Gasteiger partial charge in [-0.15, -0.1) is 0 Å². The van der Waals surface area contributed by atoms with E-state index in [1.807, 2.05) is 6.07 Å². The second-order valence-corrected chi connectivity index (χ2v) is 4.31. The molecule has 0 unspecified atom stereocenters. The highest BCUT2D eigenvalue weighted by molar-refractivity contribution is 5.97. The SMILES string of the molecule is Cc1ccc(F)cc1OCC(=O)c1ccc(C#N)cc1. The minimum atomic E-state index is -0.406. The molecule has 3 nitrogen and oxygen atoms in total. The van der Waals surface area contributed by atoms with Gasteiger partial charge in [-0.05, 0) is 42.8 Å². The van der Waals surface area contributed by atoms with Crippen molar-refractivity contribution in [1.29, 1.82) is 5.26 Å². The van der Waals surface area contributed by atoms with Crippen LogP contribution in [0.4, 0.5) is 4.39 Å². The molecule has 0 atom stereocenters. The van der Waals surface area contributed by atoms with Crippen LogP contribution in [-0.2, 0) is 0 Å². The first kappa shape index (κ1) is 13.8. The zero-order chi connectivity index (χ0) is 14.5. The van der Waals surface area contributed by atoms with Gasteiger partial charge in [0.1, 0.15) is 11.6 Å². The van der Waals surface area contributed by atoms with Gasteiger partial charge in [0, 0.05) is 11.6 Å². The van der Waals surface area contributed by atoms with Gasteiger partial charge >= 0.3 is 0 Å². The van der Waals surface area contributed by atoms with Crippen LogP contribution in [0.1, 0.15) is 21.5 Å². The Labute approximate surface area is 116 Å². The van der Waals surface area contributed by atoms with E-state index in [1.165, 1.54) is 12.1 Å². The number of hydrogen-bond acceptors (Lipinski definition) is 3. The molecule has 0 amide bonds. The molecule has 2 aromatic carbocycles. The molecule has 4 heteroatoms. The van der Waals surface area contributed by atoms with Crippen LogP contribution in [0.2, 0.25) is 0 Å². The first-order valence-electron chi connectivity index (χ1n) is 6.02. The molecule has 0 heterocycles. The Balaban J connectivity index is 2.04. The van der Waals surface area contributed by atoms with Gasteiger partial charge in [-0.1, -0.05) is 6.07 Å². The first-order valence-corrected chi connectivity index (χ1v) is 6.02. The van der Waals surface area contributed by atoms with Gasteiger partial charge < -0.3 is 4.74 Å². The second kappa shape index (κ2) is 5.98. The molecule has 0 N–H and O–H groups in total. The molecule has 0 aromatic heterocycles. The van der Waals surface area contributed by atoms with Crippen molar-refractivity contribution < 1.29 is 13.9 Å². The van der Waals surface area contributed by atoms with E-state index in [-0.39, 0.29) is 12.4 Å². The number of ketones is 1. The zero-order valence-electron chi connectivity index (χ0n) is 10.9. The minimum absolute atomic E-state index is 0.170. The van der Waals surface area contributed by atoms with Crippen LogP contribution in [0.15, 0.2) is 42.5 Å². The molecule has 0 aliphatic heterocycles. The molecule has 0 radical (unpaired) electrons. The third-order valence-corrected chi connectivity index (χ3v) is 2.84. The van der Waals surface area contributed by atoms with Gasteiger partial charge in [-0.2, -0.15) is 5.26 Å². The largest absolute Gasteiger partial charge is 0.485 e. The van der Waals surface area contributed by atoms with Gasteiger partial charge in [-0.3, -0.25) is 4.79 Å². The smallest absolute Gasteiger partial charge is 0.200 e. The summed E-state index contributed by atoms with van der Waals surface area (Å²) in [4.78, 5) is 11.9. The van der Waals surface area contributed by atoms with Crippen LogP contribution in [-0.4, -0.2) is 12.4 Å². The van der Waals surface area contributed by atoms with Gasteiger partial charge in [0.05, 0.1) is 11.6 Å². The minimum Gasteiger partial charge on any atom is -0.485 e. The summed E-state index contributed by atoms with van der Waals surface area (Å²) in [6.07, 6.45) is 0.